The van der Waals surface area contributed by atoms with E-state index in [-0.39, 0.29) is 23.3 Å². The Balaban J connectivity index is 2.40. The van der Waals surface area contributed by atoms with Gasteiger partial charge in [0.2, 0.25) is 0 Å². The van der Waals surface area contributed by atoms with Gasteiger partial charge in [-0.2, -0.15) is 0 Å². The Labute approximate surface area is 125 Å². The lowest BCUT2D eigenvalue weighted by atomic mass is 10.1. The van der Waals surface area contributed by atoms with Crippen molar-refractivity contribution in [2.45, 2.75) is 32.4 Å². The maximum absolute atomic E-state index is 11.4. The molecule has 1 saturated heterocycles. The quantitative estimate of drug-likeness (QED) is 0.679. The molecule has 1 fully saturated rings. The number of benzene rings is 1. The molecular weight excluding hydrogens is 270 g/mol. The van der Waals surface area contributed by atoms with Crippen LogP contribution in [-0.4, -0.2) is 47.7 Å². The highest BCUT2D eigenvalue weighted by Crippen LogP contribution is 2.32. The summed E-state index contributed by atoms with van der Waals surface area (Å²) in [7, 11) is 2.09. The summed E-state index contributed by atoms with van der Waals surface area (Å²) in [6.07, 6.45) is 1.94. The van der Waals surface area contributed by atoms with E-state index < -0.39 is 0 Å². The summed E-state index contributed by atoms with van der Waals surface area (Å²) in [4.78, 5) is 15.4. The van der Waals surface area contributed by atoms with Crippen LogP contribution in [0.15, 0.2) is 18.2 Å². The van der Waals surface area contributed by atoms with Crippen LogP contribution in [0.5, 0.6) is 0 Å². The first-order valence-electron chi connectivity index (χ1n) is 7.40. The van der Waals surface area contributed by atoms with Crippen LogP contribution in [0.25, 0.3) is 0 Å². The second-order valence-electron chi connectivity index (χ2n) is 5.61. The van der Waals surface area contributed by atoms with E-state index in [1.54, 1.807) is 12.1 Å². The Morgan fingerprint density at radius 3 is 2.81 bits per heavy atom. The normalized spacial score (nSPS) is 20.3. The molecule has 1 aromatic carbocycles. The Morgan fingerprint density at radius 2 is 2.19 bits per heavy atom. The second-order valence-corrected chi connectivity index (χ2v) is 5.61. The van der Waals surface area contributed by atoms with E-state index in [1.165, 1.54) is 6.07 Å². The van der Waals surface area contributed by atoms with Crippen molar-refractivity contribution in [3.8, 4) is 0 Å². The van der Waals surface area contributed by atoms with Crippen LogP contribution < -0.4 is 4.90 Å². The third kappa shape index (κ3) is 3.51. The van der Waals surface area contributed by atoms with Crippen molar-refractivity contribution >= 4 is 11.4 Å². The highest BCUT2D eigenvalue weighted by Gasteiger charge is 2.27. The van der Waals surface area contributed by atoms with E-state index in [0.717, 1.165) is 32.5 Å². The number of nitrogens with zero attached hydrogens (tertiary/aromatic N) is 3. The highest BCUT2D eigenvalue weighted by molar-refractivity contribution is 5.65. The zero-order valence-electron chi connectivity index (χ0n) is 12.7. The van der Waals surface area contributed by atoms with Gasteiger partial charge in [-0.1, -0.05) is 13.0 Å². The first kappa shape index (κ1) is 15.7. The molecule has 1 aromatic rings. The topological polar surface area (TPSA) is 69.8 Å². The zero-order valence-corrected chi connectivity index (χ0v) is 12.7. The fraction of sp³-hybridized carbons (Fsp3) is 0.600. The molecular formula is C15H23N3O3. The van der Waals surface area contributed by atoms with Crippen LogP contribution in [-0.2, 0) is 6.61 Å². The fourth-order valence-corrected chi connectivity index (χ4v) is 2.97. The minimum absolute atomic E-state index is 0.0875. The molecule has 2 rings (SSSR count). The molecule has 1 aliphatic rings. The average Bonchev–Trinajstić information content (AvgIpc) is 2.67. The molecule has 0 saturated carbocycles. The number of nitro benzene ring substituents is 1. The van der Waals surface area contributed by atoms with Crippen molar-refractivity contribution in [2.24, 2.45) is 0 Å². The molecule has 0 radical (unpaired) electrons. The molecule has 116 valence electrons. The Kier molecular flexibility index (Phi) is 5.14. The smallest absolute Gasteiger partial charge is 0.292 e. The summed E-state index contributed by atoms with van der Waals surface area (Å²) < 4.78 is 0. The predicted molar refractivity (Wildman–Crippen MR) is 82.6 cm³/mol. The number of aliphatic hydroxyl groups excluding tert-OH is 1. The maximum Gasteiger partial charge on any atom is 0.292 e. The lowest BCUT2D eigenvalue weighted by molar-refractivity contribution is -0.384. The minimum atomic E-state index is -0.351. The van der Waals surface area contributed by atoms with Gasteiger partial charge in [-0.05, 0) is 38.1 Å². The number of anilines is 1. The van der Waals surface area contributed by atoms with Crippen molar-refractivity contribution in [1.82, 2.24) is 4.90 Å². The van der Waals surface area contributed by atoms with Gasteiger partial charge in [0.15, 0.2) is 0 Å². The summed E-state index contributed by atoms with van der Waals surface area (Å²) >= 11 is 0. The first-order valence-corrected chi connectivity index (χ1v) is 7.40. The summed E-state index contributed by atoms with van der Waals surface area (Å²) in [6.45, 7) is 4.68. The van der Waals surface area contributed by atoms with Crippen LogP contribution in [0.2, 0.25) is 0 Å². The molecule has 6 heteroatoms. The molecule has 6 nitrogen and oxygen atoms in total. The van der Waals surface area contributed by atoms with E-state index in [4.69, 9.17) is 0 Å². The van der Waals surface area contributed by atoms with Crippen molar-refractivity contribution in [1.29, 1.82) is 0 Å². The van der Waals surface area contributed by atoms with Crippen LogP contribution in [0.3, 0.4) is 0 Å². The lowest BCUT2D eigenvalue weighted by Crippen LogP contribution is -2.40. The average molecular weight is 293 g/mol. The Bertz CT molecular complexity index is 507. The van der Waals surface area contributed by atoms with Gasteiger partial charge in [0.05, 0.1) is 11.5 Å². The van der Waals surface area contributed by atoms with Gasteiger partial charge >= 0.3 is 0 Å². The monoisotopic (exact) mass is 293 g/mol. The SMILES string of the molecule is CCC1CN(C)CCCN1c1ccc(CO)cc1[N+](=O)[O-]. The third-order valence-electron chi connectivity index (χ3n) is 4.10. The minimum Gasteiger partial charge on any atom is -0.392 e. The number of nitro groups is 1. The standard InChI is InChI=1S/C15H23N3O3/c1-3-13-10-16(2)7-4-8-17(13)14-6-5-12(11-19)9-15(14)18(20)21/h5-6,9,13,19H,3-4,7-8,10-11H2,1-2H3. The van der Waals surface area contributed by atoms with Crippen molar-refractivity contribution in [3.63, 3.8) is 0 Å². The molecule has 0 aromatic heterocycles. The number of aliphatic hydroxyl groups is 1. The van der Waals surface area contributed by atoms with E-state index in [9.17, 15) is 15.2 Å². The molecule has 0 amide bonds. The number of rotatable bonds is 4. The number of likely N-dealkylation sites (N-methyl/N-ethyl adjacent to an activating group) is 1. The second kappa shape index (κ2) is 6.87. The number of hydrogen-bond acceptors (Lipinski definition) is 5. The van der Waals surface area contributed by atoms with E-state index in [1.807, 2.05) is 0 Å². The van der Waals surface area contributed by atoms with Crippen molar-refractivity contribution < 1.29 is 10.0 Å². The summed E-state index contributed by atoms with van der Waals surface area (Å²) in [5.41, 5.74) is 1.33. The Morgan fingerprint density at radius 1 is 1.43 bits per heavy atom. The predicted octanol–water partition coefficient (Wildman–Crippen LogP) is 2.01. The van der Waals surface area contributed by atoms with Gasteiger partial charge in [-0.3, -0.25) is 10.1 Å². The van der Waals surface area contributed by atoms with Crippen molar-refractivity contribution in [3.05, 3.63) is 33.9 Å². The van der Waals surface area contributed by atoms with Crippen LogP contribution >= 0.6 is 0 Å². The van der Waals surface area contributed by atoms with Crippen LogP contribution in [0, 0.1) is 10.1 Å². The highest BCUT2D eigenvalue weighted by atomic mass is 16.6. The van der Waals surface area contributed by atoms with Gasteiger partial charge < -0.3 is 14.9 Å². The molecule has 21 heavy (non-hydrogen) atoms. The third-order valence-corrected chi connectivity index (χ3v) is 4.10. The molecule has 1 N–H and O–H groups in total. The van der Waals surface area contributed by atoms with Crippen molar-refractivity contribution in [2.75, 3.05) is 31.6 Å². The summed E-state index contributed by atoms with van der Waals surface area (Å²) in [5, 5.41) is 20.5. The fourth-order valence-electron chi connectivity index (χ4n) is 2.97. The summed E-state index contributed by atoms with van der Waals surface area (Å²) in [5.74, 6) is 0. The molecule has 0 spiro atoms. The van der Waals surface area contributed by atoms with Crippen LogP contribution in [0.1, 0.15) is 25.3 Å². The molecule has 0 aliphatic carbocycles. The molecule has 1 unspecified atom stereocenters. The summed E-state index contributed by atoms with van der Waals surface area (Å²) in [6, 6.07) is 5.30. The van der Waals surface area contributed by atoms with Gasteiger partial charge in [0, 0.05) is 25.2 Å². The van der Waals surface area contributed by atoms with Gasteiger partial charge in [0.1, 0.15) is 5.69 Å². The van der Waals surface area contributed by atoms with E-state index in [2.05, 4.69) is 23.8 Å². The molecule has 1 heterocycles. The Hall–Kier alpha value is -1.66. The van der Waals surface area contributed by atoms with Gasteiger partial charge in [-0.25, -0.2) is 0 Å². The largest absolute Gasteiger partial charge is 0.392 e. The molecule has 1 atom stereocenters. The molecule has 1 aliphatic heterocycles. The lowest BCUT2D eigenvalue weighted by Gasteiger charge is -2.32. The molecule has 0 bridgehead atoms. The van der Waals surface area contributed by atoms with Gasteiger partial charge in [0.25, 0.3) is 5.69 Å². The zero-order chi connectivity index (χ0) is 15.4. The van der Waals surface area contributed by atoms with E-state index >= 15 is 0 Å². The maximum atomic E-state index is 11.4. The first-order chi connectivity index (χ1) is 10.1. The van der Waals surface area contributed by atoms with Crippen LogP contribution in [0.4, 0.5) is 11.4 Å². The van der Waals surface area contributed by atoms with Gasteiger partial charge in [-0.15, -0.1) is 0 Å². The van der Waals surface area contributed by atoms with E-state index in [0.29, 0.717) is 11.3 Å². The number of hydrogen-bond donors (Lipinski definition) is 1.